The molecular formula is C26H27ClN6O2. The Balaban J connectivity index is 1.12. The standard InChI is InChI=1S/C26H27ClN6O2/c27-25-23(17-30-33(26(25)35)20-6-2-1-3-7-20)32-14-12-31(13-15-32)18-24(34)28-11-10-19-16-29-22-9-5-4-8-21(19)22/h1-9,16-17,29H,10-15,18H2,(H,28,34). The number of amides is 1. The maximum Gasteiger partial charge on any atom is 0.292 e. The second kappa shape index (κ2) is 10.3. The topological polar surface area (TPSA) is 86.3 Å². The molecule has 0 atom stereocenters. The molecule has 2 N–H and O–H groups in total. The summed E-state index contributed by atoms with van der Waals surface area (Å²) in [6, 6.07) is 17.4. The highest BCUT2D eigenvalue weighted by molar-refractivity contribution is 6.33. The van der Waals surface area contributed by atoms with Gasteiger partial charge in [0.05, 0.1) is 24.1 Å². The van der Waals surface area contributed by atoms with Crippen LogP contribution in [0.15, 0.2) is 71.8 Å². The summed E-state index contributed by atoms with van der Waals surface area (Å²) >= 11 is 6.44. The van der Waals surface area contributed by atoms with Crippen molar-refractivity contribution in [3.63, 3.8) is 0 Å². The fourth-order valence-corrected chi connectivity index (χ4v) is 4.73. The zero-order chi connectivity index (χ0) is 24.2. The van der Waals surface area contributed by atoms with Crippen molar-refractivity contribution in [2.45, 2.75) is 6.42 Å². The lowest BCUT2D eigenvalue weighted by atomic mass is 10.1. The summed E-state index contributed by atoms with van der Waals surface area (Å²) in [5.41, 5.74) is 3.28. The smallest absolute Gasteiger partial charge is 0.292 e. The van der Waals surface area contributed by atoms with Gasteiger partial charge in [0.2, 0.25) is 5.91 Å². The second-order valence-corrected chi connectivity index (χ2v) is 9.00. The van der Waals surface area contributed by atoms with E-state index in [1.165, 1.54) is 15.6 Å². The van der Waals surface area contributed by atoms with E-state index in [-0.39, 0.29) is 16.5 Å². The number of aromatic nitrogens is 3. The molecule has 2 aromatic carbocycles. The molecule has 5 rings (SSSR count). The largest absolute Gasteiger partial charge is 0.366 e. The Bertz CT molecular complexity index is 1380. The van der Waals surface area contributed by atoms with Gasteiger partial charge in [-0.3, -0.25) is 14.5 Å². The van der Waals surface area contributed by atoms with Crippen molar-refractivity contribution in [2.75, 3.05) is 44.2 Å². The van der Waals surface area contributed by atoms with Crippen LogP contribution in [0, 0.1) is 0 Å². The minimum Gasteiger partial charge on any atom is -0.366 e. The van der Waals surface area contributed by atoms with Gasteiger partial charge in [-0.05, 0) is 30.2 Å². The van der Waals surface area contributed by atoms with Crippen LogP contribution in [0.3, 0.4) is 0 Å². The van der Waals surface area contributed by atoms with Gasteiger partial charge in [-0.2, -0.15) is 9.78 Å². The summed E-state index contributed by atoms with van der Waals surface area (Å²) in [6.07, 6.45) is 4.43. The second-order valence-electron chi connectivity index (χ2n) is 8.62. The number of fused-ring (bicyclic) bond motifs is 1. The van der Waals surface area contributed by atoms with Crippen LogP contribution in [-0.2, 0) is 11.2 Å². The molecule has 0 bridgehead atoms. The molecule has 1 aliphatic heterocycles. The summed E-state index contributed by atoms with van der Waals surface area (Å²) in [5, 5.41) is 8.71. The Labute approximate surface area is 208 Å². The molecule has 9 heteroatoms. The normalized spacial score (nSPS) is 14.4. The third-order valence-electron chi connectivity index (χ3n) is 6.37. The predicted octanol–water partition coefficient (Wildman–Crippen LogP) is 2.85. The van der Waals surface area contributed by atoms with Crippen molar-refractivity contribution in [2.24, 2.45) is 0 Å². The molecule has 0 radical (unpaired) electrons. The number of benzene rings is 2. The average Bonchev–Trinajstić information content (AvgIpc) is 3.30. The molecule has 1 amide bonds. The molecule has 2 aromatic heterocycles. The van der Waals surface area contributed by atoms with Crippen molar-refractivity contribution < 1.29 is 4.79 Å². The summed E-state index contributed by atoms with van der Waals surface area (Å²) in [6.45, 7) is 3.68. The lowest BCUT2D eigenvalue weighted by Gasteiger charge is -2.35. The maximum absolute atomic E-state index is 12.8. The van der Waals surface area contributed by atoms with Crippen LogP contribution >= 0.6 is 11.6 Å². The molecule has 0 saturated carbocycles. The first-order valence-corrected chi connectivity index (χ1v) is 12.1. The molecule has 3 heterocycles. The molecule has 8 nitrogen and oxygen atoms in total. The van der Waals surface area contributed by atoms with E-state index < -0.39 is 0 Å². The molecule has 0 spiro atoms. The Hall–Kier alpha value is -3.62. The van der Waals surface area contributed by atoms with E-state index in [9.17, 15) is 9.59 Å². The number of aromatic amines is 1. The van der Waals surface area contributed by atoms with Gasteiger partial charge in [-0.1, -0.05) is 48.0 Å². The van der Waals surface area contributed by atoms with Crippen molar-refractivity contribution in [1.29, 1.82) is 0 Å². The van der Waals surface area contributed by atoms with E-state index in [4.69, 9.17) is 11.6 Å². The van der Waals surface area contributed by atoms with Gasteiger partial charge in [0.25, 0.3) is 5.56 Å². The molecule has 1 saturated heterocycles. The fourth-order valence-electron chi connectivity index (χ4n) is 4.48. The predicted molar refractivity (Wildman–Crippen MR) is 139 cm³/mol. The number of piperazine rings is 1. The zero-order valence-electron chi connectivity index (χ0n) is 19.3. The van der Waals surface area contributed by atoms with Crippen LogP contribution in [-0.4, -0.2) is 64.8 Å². The molecule has 0 unspecified atom stereocenters. The van der Waals surface area contributed by atoms with E-state index in [2.05, 4.69) is 37.3 Å². The number of hydrogen-bond donors (Lipinski definition) is 2. The van der Waals surface area contributed by atoms with Gasteiger partial charge >= 0.3 is 0 Å². The molecule has 180 valence electrons. The minimum absolute atomic E-state index is 0.0171. The summed E-state index contributed by atoms with van der Waals surface area (Å²) in [7, 11) is 0. The number of hydrogen-bond acceptors (Lipinski definition) is 5. The highest BCUT2D eigenvalue weighted by Crippen LogP contribution is 2.23. The third-order valence-corrected chi connectivity index (χ3v) is 6.73. The number of rotatable bonds is 7. The number of para-hydroxylation sites is 2. The first-order valence-electron chi connectivity index (χ1n) is 11.7. The number of nitrogens with one attached hydrogen (secondary N) is 2. The van der Waals surface area contributed by atoms with E-state index >= 15 is 0 Å². The lowest BCUT2D eigenvalue weighted by Crippen LogP contribution is -2.50. The monoisotopic (exact) mass is 490 g/mol. The average molecular weight is 491 g/mol. The molecule has 1 fully saturated rings. The molecule has 35 heavy (non-hydrogen) atoms. The highest BCUT2D eigenvalue weighted by atomic mass is 35.5. The van der Waals surface area contributed by atoms with Crippen molar-refractivity contribution >= 4 is 34.1 Å². The first-order chi connectivity index (χ1) is 17.1. The van der Waals surface area contributed by atoms with Crippen molar-refractivity contribution in [3.8, 4) is 5.69 Å². The van der Waals surface area contributed by atoms with E-state index in [1.54, 1.807) is 6.20 Å². The maximum atomic E-state index is 12.8. The number of nitrogens with zero attached hydrogens (tertiary/aromatic N) is 4. The Kier molecular flexibility index (Phi) is 6.83. The van der Waals surface area contributed by atoms with Crippen LogP contribution in [0.25, 0.3) is 16.6 Å². The Morgan fingerprint density at radius 1 is 1.03 bits per heavy atom. The quantitative estimate of drug-likeness (QED) is 0.416. The number of anilines is 1. The van der Waals surface area contributed by atoms with Crippen molar-refractivity contribution in [1.82, 2.24) is 25.0 Å². The fraction of sp³-hybridized carbons (Fsp3) is 0.269. The molecule has 4 aromatic rings. The highest BCUT2D eigenvalue weighted by Gasteiger charge is 2.22. The lowest BCUT2D eigenvalue weighted by molar-refractivity contribution is -0.122. The Morgan fingerprint density at radius 2 is 1.77 bits per heavy atom. The third kappa shape index (κ3) is 5.08. The Morgan fingerprint density at radius 3 is 2.57 bits per heavy atom. The van der Waals surface area contributed by atoms with Crippen LogP contribution in [0.2, 0.25) is 5.02 Å². The number of carbonyl (C=O) groups is 1. The van der Waals surface area contributed by atoms with E-state index in [0.717, 1.165) is 11.9 Å². The van der Waals surface area contributed by atoms with Crippen LogP contribution in [0.1, 0.15) is 5.56 Å². The van der Waals surface area contributed by atoms with Crippen LogP contribution in [0.4, 0.5) is 5.69 Å². The minimum atomic E-state index is -0.340. The summed E-state index contributed by atoms with van der Waals surface area (Å²) < 4.78 is 1.31. The molecule has 0 aliphatic carbocycles. The zero-order valence-corrected chi connectivity index (χ0v) is 20.0. The van der Waals surface area contributed by atoms with Gasteiger partial charge in [-0.15, -0.1) is 0 Å². The number of H-pyrrole nitrogens is 1. The summed E-state index contributed by atoms with van der Waals surface area (Å²) in [4.78, 5) is 32.7. The molecule has 1 aliphatic rings. The van der Waals surface area contributed by atoms with Gasteiger partial charge < -0.3 is 15.2 Å². The number of carbonyl (C=O) groups excluding carboxylic acids is 1. The summed E-state index contributed by atoms with van der Waals surface area (Å²) in [5.74, 6) is 0.0171. The van der Waals surface area contributed by atoms with Gasteiger partial charge in [0.1, 0.15) is 5.02 Å². The SMILES string of the molecule is O=C(CN1CCN(c2cnn(-c3ccccc3)c(=O)c2Cl)CC1)NCCc1c[nH]c2ccccc12. The number of halogens is 1. The van der Waals surface area contributed by atoms with E-state index in [1.807, 2.05) is 48.7 Å². The first kappa shape index (κ1) is 23.1. The van der Waals surface area contributed by atoms with Crippen LogP contribution < -0.4 is 15.8 Å². The van der Waals surface area contributed by atoms with Crippen molar-refractivity contribution in [3.05, 3.63) is 87.9 Å². The van der Waals surface area contributed by atoms with Gasteiger partial charge in [-0.25, -0.2) is 0 Å². The molecular weight excluding hydrogens is 464 g/mol. The van der Waals surface area contributed by atoms with Gasteiger partial charge in [0.15, 0.2) is 0 Å². The van der Waals surface area contributed by atoms with Crippen LogP contribution in [0.5, 0.6) is 0 Å². The van der Waals surface area contributed by atoms with Gasteiger partial charge in [0, 0.05) is 49.8 Å². The van der Waals surface area contributed by atoms with E-state index in [0.29, 0.717) is 50.6 Å².